The topological polar surface area (TPSA) is 88.2 Å². The fourth-order valence-electron chi connectivity index (χ4n) is 4.34. The third-order valence-corrected chi connectivity index (χ3v) is 7.37. The molecule has 1 aliphatic heterocycles. The first-order valence-corrected chi connectivity index (χ1v) is 13.4. The number of likely N-dealkylation sites (tertiary alicyclic amines) is 1. The number of benzene rings is 2. The van der Waals surface area contributed by atoms with Gasteiger partial charge in [0.05, 0.1) is 26.2 Å². The van der Waals surface area contributed by atoms with Gasteiger partial charge in [0.25, 0.3) is 0 Å². The second-order valence-corrected chi connectivity index (χ2v) is 10.5. The number of hydrogen-bond acceptors (Lipinski definition) is 6. The molecule has 1 N–H and O–H groups in total. The van der Waals surface area contributed by atoms with Crippen molar-refractivity contribution in [2.24, 2.45) is 0 Å². The smallest absolute Gasteiger partial charge is 0.243 e. The first-order chi connectivity index (χ1) is 16.2. The quantitative estimate of drug-likeness (QED) is 0.552. The van der Waals surface area contributed by atoms with Crippen molar-refractivity contribution in [3.8, 4) is 11.5 Å². The predicted molar refractivity (Wildman–Crippen MR) is 134 cm³/mol. The first-order valence-electron chi connectivity index (χ1n) is 11.5. The lowest BCUT2D eigenvalue weighted by Crippen LogP contribution is -2.47. The minimum absolute atomic E-state index is 0.327. The Labute approximate surface area is 202 Å². The van der Waals surface area contributed by atoms with Gasteiger partial charge in [-0.05, 0) is 56.1 Å². The molecule has 1 fully saturated rings. The number of piperidine rings is 1. The number of sulfonamides is 1. The van der Waals surface area contributed by atoms with E-state index in [9.17, 15) is 13.2 Å². The zero-order chi connectivity index (χ0) is 24.7. The molecule has 1 aliphatic rings. The molecule has 34 heavy (non-hydrogen) atoms. The molecule has 1 atom stereocenters. The van der Waals surface area contributed by atoms with Gasteiger partial charge in [0.1, 0.15) is 6.04 Å². The predicted octanol–water partition coefficient (Wildman–Crippen LogP) is 3.16. The minimum Gasteiger partial charge on any atom is -0.493 e. The van der Waals surface area contributed by atoms with Crippen molar-refractivity contribution in [3.63, 3.8) is 0 Å². The van der Waals surface area contributed by atoms with Gasteiger partial charge in [-0.15, -0.1) is 0 Å². The molecule has 1 amide bonds. The van der Waals surface area contributed by atoms with Crippen molar-refractivity contribution in [1.82, 2.24) is 10.2 Å². The maximum absolute atomic E-state index is 13.1. The number of amides is 1. The monoisotopic (exact) mass is 489 g/mol. The summed E-state index contributed by atoms with van der Waals surface area (Å²) in [6, 6.07) is 11.9. The Balaban J connectivity index is 1.75. The number of carbonyl (C=O) groups is 1. The largest absolute Gasteiger partial charge is 0.493 e. The summed E-state index contributed by atoms with van der Waals surface area (Å²) in [4.78, 5) is 15.5. The van der Waals surface area contributed by atoms with Crippen molar-refractivity contribution >= 4 is 21.6 Å². The zero-order valence-corrected chi connectivity index (χ0v) is 21.2. The van der Waals surface area contributed by atoms with Crippen molar-refractivity contribution in [2.45, 2.75) is 45.3 Å². The van der Waals surface area contributed by atoms with E-state index in [1.165, 1.54) is 39.0 Å². The van der Waals surface area contributed by atoms with Crippen LogP contribution in [0.4, 0.5) is 5.69 Å². The normalized spacial score (nSPS) is 15.4. The van der Waals surface area contributed by atoms with Crippen LogP contribution in [-0.4, -0.2) is 58.8 Å². The molecule has 0 saturated carbocycles. The number of ether oxygens (including phenoxy) is 2. The number of carbonyl (C=O) groups excluding carboxylic acids is 1. The van der Waals surface area contributed by atoms with Crippen molar-refractivity contribution in [1.29, 1.82) is 0 Å². The van der Waals surface area contributed by atoms with Crippen molar-refractivity contribution < 1.29 is 22.7 Å². The van der Waals surface area contributed by atoms with Gasteiger partial charge < -0.3 is 14.8 Å². The Morgan fingerprint density at radius 1 is 1.03 bits per heavy atom. The molecule has 2 aromatic carbocycles. The minimum atomic E-state index is -3.75. The van der Waals surface area contributed by atoms with Gasteiger partial charge in [-0.3, -0.25) is 14.0 Å². The fraction of sp³-hybridized carbons (Fsp3) is 0.480. The van der Waals surface area contributed by atoms with Crippen molar-refractivity contribution in [2.75, 3.05) is 37.9 Å². The van der Waals surface area contributed by atoms with Crippen LogP contribution in [0.3, 0.4) is 0 Å². The highest BCUT2D eigenvalue weighted by Gasteiger charge is 2.30. The summed E-state index contributed by atoms with van der Waals surface area (Å²) in [5.74, 6) is 0.475. The summed E-state index contributed by atoms with van der Waals surface area (Å²) in [6.07, 6.45) is 4.80. The Bertz CT molecular complexity index is 1080. The third-order valence-electron chi connectivity index (χ3n) is 6.12. The average Bonchev–Trinajstić information content (AvgIpc) is 2.83. The summed E-state index contributed by atoms with van der Waals surface area (Å²) >= 11 is 0. The molecule has 1 heterocycles. The number of hydrogen-bond donors (Lipinski definition) is 1. The second kappa shape index (κ2) is 11.6. The van der Waals surface area contributed by atoms with Crippen LogP contribution in [0.2, 0.25) is 0 Å². The van der Waals surface area contributed by atoms with E-state index < -0.39 is 16.1 Å². The Hall–Kier alpha value is -2.78. The lowest BCUT2D eigenvalue weighted by Gasteiger charge is -2.29. The van der Waals surface area contributed by atoms with Gasteiger partial charge in [-0.25, -0.2) is 8.42 Å². The molecule has 8 nitrogen and oxygen atoms in total. The van der Waals surface area contributed by atoms with Gasteiger partial charge in [-0.1, -0.05) is 30.7 Å². The summed E-state index contributed by atoms with van der Waals surface area (Å²) in [5.41, 5.74) is 2.54. The van der Waals surface area contributed by atoms with Crippen LogP contribution in [0.15, 0.2) is 42.5 Å². The van der Waals surface area contributed by atoms with Gasteiger partial charge in [-0.2, -0.15) is 0 Å². The molecule has 0 aliphatic carbocycles. The molecular formula is C25H35N3O5S. The molecule has 3 rings (SSSR count). The summed E-state index contributed by atoms with van der Waals surface area (Å²) in [5, 5.41) is 2.93. The van der Waals surface area contributed by atoms with Crippen LogP contribution < -0.4 is 19.1 Å². The second-order valence-electron chi connectivity index (χ2n) is 8.60. The number of nitrogens with zero attached hydrogens (tertiary/aromatic N) is 2. The van der Waals surface area contributed by atoms with Crippen LogP contribution in [-0.2, 0) is 27.9 Å². The Kier molecular flexibility index (Phi) is 8.79. The van der Waals surface area contributed by atoms with E-state index in [0.29, 0.717) is 23.7 Å². The molecule has 9 heteroatoms. The summed E-state index contributed by atoms with van der Waals surface area (Å²) in [7, 11) is -0.767. The molecule has 186 valence electrons. The van der Waals surface area contributed by atoms with E-state index in [2.05, 4.69) is 16.3 Å². The maximum atomic E-state index is 13.1. The van der Waals surface area contributed by atoms with Crippen LogP contribution in [0.1, 0.15) is 37.3 Å². The molecule has 0 spiro atoms. The summed E-state index contributed by atoms with van der Waals surface area (Å²) < 4.78 is 37.0. The highest BCUT2D eigenvalue weighted by molar-refractivity contribution is 7.92. The third kappa shape index (κ3) is 6.42. The van der Waals surface area contributed by atoms with E-state index in [-0.39, 0.29) is 5.91 Å². The highest BCUT2D eigenvalue weighted by atomic mass is 32.2. The van der Waals surface area contributed by atoms with E-state index in [1.807, 2.05) is 18.2 Å². The fourth-order valence-corrected chi connectivity index (χ4v) is 5.51. The number of methoxy groups -OCH3 is 2. The first kappa shape index (κ1) is 25.8. The van der Waals surface area contributed by atoms with Gasteiger partial charge >= 0.3 is 0 Å². The lowest BCUT2D eigenvalue weighted by atomic mass is 10.0. The lowest BCUT2D eigenvalue weighted by molar-refractivity contribution is -0.122. The highest BCUT2D eigenvalue weighted by Crippen LogP contribution is 2.33. The number of rotatable bonds is 10. The Morgan fingerprint density at radius 3 is 2.29 bits per heavy atom. The van der Waals surface area contributed by atoms with Crippen LogP contribution in [0.25, 0.3) is 0 Å². The standard InChI is InChI=1S/C25H35N3O5S/c1-19(28(34(4,30)31)22-12-13-23(32-2)24(16-22)33-3)25(29)26-17-20-10-6-7-11-21(20)18-27-14-8-5-9-15-27/h6-7,10-13,16,19H,5,8-9,14-15,17-18H2,1-4H3,(H,26,29). The number of anilines is 1. The van der Waals surface area contributed by atoms with E-state index in [4.69, 9.17) is 9.47 Å². The number of nitrogens with one attached hydrogen (secondary N) is 1. The molecular weight excluding hydrogens is 454 g/mol. The molecule has 0 aromatic heterocycles. The molecule has 0 radical (unpaired) electrons. The molecule has 1 unspecified atom stereocenters. The van der Waals surface area contributed by atoms with E-state index in [0.717, 1.165) is 35.8 Å². The van der Waals surface area contributed by atoms with Gasteiger partial charge in [0, 0.05) is 19.2 Å². The van der Waals surface area contributed by atoms with Crippen LogP contribution in [0.5, 0.6) is 11.5 Å². The van der Waals surface area contributed by atoms with Gasteiger partial charge in [0.2, 0.25) is 15.9 Å². The zero-order valence-electron chi connectivity index (χ0n) is 20.4. The molecule has 0 bridgehead atoms. The Morgan fingerprint density at radius 2 is 1.68 bits per heavy atom. The van der Waals surface area contributed by atoms with Gasteiger partial charge in [0.15, 0.2) is 11.5 Å². The molecule has 2 aromatic rings. The van der Waals surface area contributed by atoms with E-state index in [1.54, 1.807) is 25.1 Å². The SMILES string of the molecule is COc1ccc(N(C(C)C(=O)NCc2ccccc2CN2CCCCC2)S(C)(=O)=O)cc1OC. The molecule has 1 saturated heterocycles. The summed E-state index contributed by atoms with van der Waals surface area (Å²) in [6.45, 7) is 4.94. The van der Waals surface area contributed by atoms with Crippen LogP contribution in [0, 0.1) is 0 Å². The van der Waals surface area contributed by atoms with Crippen LogP contribution >= 0.6 is 0 Å². The average molecular weight is 490 g/mol. The van der Waals surface area contributed by atoms with Crippen molar-refractivity contribution in [3.05, 3.63) is 53.6 Å². The van der Waals surface area contributed by atoms with E-state index >= 15 is 0 Å². The maximum Gasteiger partial charge on any atom is 0.243 e.